The summed E-state index contributed by atoms with van der Waals surface area (Å²) in [6, 6.07) is 0. The van der Waals surface area contributed by atoms with E-state index in [4.69, 9.17) is 4.42 Å². The van der Waals surface area contributed by atoms with Gasteiger partial charge in [0.15, 0.2) is 11.6 Å². The van der Waals surface area contributed by atoms with Crippen molar-refractivity contribution in [1.82, 2.24) is 15.2 Å². The van der Waals surface area contributed by atoms with Crippen molar-refractivity contribution in [1.29, 1.82) is 0 Å². The molecule has 0 bridgehead atoms. The number of halogens is 4. The zero-order valence-corrected chi connectivity index (χ0v) is 8.99. The van der Waals surface area contributed by atoms with Gasteiger partial charge in [0.2, 0.25) is 5.89 Å². The van der Waals surface area contributed by atoms with Gasteiger partial charge in [-0.3, -0.25) is 0 Å². The van der Waals surface area contributed by atoms with Crippen molar-refractivity contribution in [2.75, 3.05) is 0 Å². The van der Waals surface area contributed by atoms with E-state index in [0.29, 0.717) is 0 Å². The topological polar surface area (TPSA) is 51.8 Å². The first-order valence-corrected chi connectivity index (χ1v) is 4.98. The molecular weight excluding hydrogens is 262 g/mol. The van der Waals surface area contributed by atoms with E-state index in [1.165, 1.54) is 6.92 Å². The van der Waals surface area contributed by atoms with E-state index in [1.54, 1.807) is 0 Å². The molecule has 0 fully saturated rings. The molecule has 90 valence electrons. The van der Waals surface area contributed by atoms with Crippen molar-refractivity contribution >= 4 is 11.8 Å². The van der Waals surface area contributed by atoms with E-state index in [9.17, 15) is 17.6 Å². The van der Waals surface area contributed by atoms with Gasteiger partial charge in [-0.2, -0.15) is 13.8 Å². The molecule has 0 radical (unpaired) electrons. The summed E-state index contributed by atoms with van der Waals surface area (Å²) in [5.74, 6) is -6.52. The summed E-state index contributed by atoms with van der Waals surface area (Å²) in [5, 5.41) is 6.60. The van der Waals surface area contributed by atoms with E-state index in [2.05, 4.69) is 15.2 Å². The van der Waals surface area contributed by atoms with Crippen LogP contribution in [0.15, 0.2) is 14.5 Å². The smallest absolute Gasteiger partial charge is 0.281 e. The van der Waals surface area contributed by atoms with Crippen LogP contribution >= 0.6 is 11.8 Å². The van der Waals surface area contributed by atoms with Crippen LogP contribution in [0.2, 0.25) is 0 Å². The van der Waals surface area contributed by atoms with Crippen LogP contribution in [0.1, 0.15) is 5.89 Å². The highest BCUT2D eigenvalue weighted by Gasteiger charge is 2.23. The maximum absolute atomic E-state index is 13.2. The Balaban J connectivity index is 2.45. The SMILES string of the molecule is Cc1nnc(Sc2c(F)c(F)nc(F)c2F)o1. The molecular formula is C8H3F4N3OS. The third-order valence-electron chi connectivity index (χ3n) is 1.65. The van der Waals surface area contributed by atoms with Gasteiger partial charge in [0.1, 0.15) is 0 Å². The first kappa shape index (κ1) is 11.8. The van der Waals surface area contributed by atoms with Crippen LogP contribution in [0.3, 0.4) is 0 Å². The molecule has 4 nitrogen and oxygen atoms in total. The summed E-state index contributed by atoms with van der Waals surface area (Å²) in [4.78, 5) is 1.50. The summed E-state index contributed by atoms with van der Waals surface area (Å²) >= 11 is 0.280. The number of hydrogen-bond donors (Lipinski definition) is 0. The fraction of sp³-hybridized carbons (Fsp3) is 0.125. The van der Waals surface area contributed by atoms with Crippen LogP contribution in [0.25, 0.3) is 0 Å². The molecule has 17 heavy (non-hydrogen) atoms. The summed E-state index contributed by atoms with van der Waals surface area (Å²) in [6.07, 6.45) is 0. The number of aryl methyl sites for hydroxylation is 1. The van der Waals surface area contributed by atoms with Gasteiger partial charge in [-0.15, -0.1) is 10.2 Å². The number of hydrogen-bond acceptors (Lipinski definition) is 5. The lowest BCUT2D eigenvalue weighted by atomic mass is 10.4. The molecule has 2 aromatic heterocycles. The van der Waals surface area contributed by atoms with E-state index in [0.717, 1.165) is 0 Å². The maximum atomic E-state index is 13.2. The molecule has 2 heterocycles. The summed E-state index contributed by atoms with van der Waals surface area (Å²) in [7, 11) is 0. The Hall–Kier alpha value is -1.64. The van der Waals surface area contributed by atoms with Gasteiger partial charge in [-0.1, -0.05) is 0 Å². The second-order valence-corrected chi connectivity index (χ2v) is 3.80. The van der Waals surface area contributed by atoms with Gasteiger partial charge in [0.05, 0.1) is 4.90 Å². The van der Waals surface area contributed by atoms with Crippen molar-refractivity contribution in [2.24, 2.45) is 0 Å². The number of nitrogens with zero attached hydrogens (tertiary/aromatic N) is 3. The van der Waals surface area contributed by atoms with Gasteiger partial charge >= 0.3 is 0 Å². The van der Waals surface area contributed by atoms with E-state index in [1.807, 2.05) is 0 Å². The molecule has 0 atom stereocenters. The Kier molecular flexibility index (Phi) is 3.01. The van der Waals surface area contributed by atoms with Gasteiger partial charge in [0.25, 0.3) is 17.1 Å². The minimum atomic E-state index is -1.73. The largest absolute Gasteiger partial charge is 0.416 e. The Bertz CT molecular complexity index is 548. The molecule has 0 aliphatic carbocycles. The first-order chi connectivity index (χ1) is 7.99. The fourth-order valence-corrected chi connectivity index (χ4v) is 1.73. The molecule has 2 aromatic rings. The predicted molar refractivity (Wildman–Crippen MR) is 47.2 cm³/mol. The van der Waals surface area contributed by atoms with E-state index < -0.39 is 28.4 Å². The minimum absolute atomic E-state index is 0.156. The van der Waals surface area contributed by atoms with E-state index in [-0.39, 0.29) is 22.9 Å². The van der Waals surface area contributed by atoms with Crippen LogP contribution in [0.5, 0.6) is 0 Å². The van der Waals surface area contributed by atoms with Gasteiger partial charge in [-0.05, 0) is 11.8 Å². The molecule has 0 unspecified atom stereocenters. The van der Waals surface area contributed by atoms with Gasteiger partial charge < -0.3 is 4.42 Å². The molecule has 0 aliphatic heterocycles. The van der Waals surface area contributed by atoms with Crippen LogP contribution in [0, 0.1) is 30.5 Å². The summed E-state index contributed by atoms with van der Waals surface area (Å²) in [6.45, 7) is 1.46. The van der Waals surface area contributed by atoms with Crippen LogP contribution in [0.4, 0.5) is 17.6 Å². The highest BCUT2D eigenvalue weighted by molar-refractivity contribution is 7.99. The Morgan fingerprint density at radius 3 is 2.06 bits per heavy atom. The van der Waals surface area contributed by atoms with Gasteiger partial charge in [-0.25, -0.2) is 8.78 Å². The Morgan fingerprint density at radius 1 is 1.00 bits per heavy atom. The van der Waals surface area contributed by atoms with Crippen molar-refractivity contribution in [2.45, 2.75) is 17.0 Å². The highest BCUT2D eigenvalue weighted by Crippen LogP contribution is 2.32. The quantitative estimate of drug-likeness (QED) is 0.616. The second kappa shape index (κ2) is 4.32. The molecule has 9 heteroatoms. The van der Waals surface area contributed by atoms with Crippen LogP contribution in [-0.4, -0.2) is 15.2 Å². The molecule has 0 saturated heterocycles. The lowest BCUT2D eigenvalue weighted by Crippen LogP contribution is -2.01. The predicted octanol–water partition coefficient (Wildman–Crippen LogP) is 2.48. The molecule has 2 rings (SSSR count). The van der Waals surface area contributed by atoms with Crippen LogP contribution in [-0.2, 0) is 0 Å². The van der Waals surface area contributed by atoms with Crippen molar-refractivity contribution in [3.8, 4) is 0 Å². The zero-order chi connectivity index (χ0) is 12.6. The van der Waals surface area contributed by atoms with E-state index >= 15 is 0 Å². The third kappa shape index (κ3) is 2.23. The average molecular weight is 265 g/mol. The summed E-state index contributed by atoms with van der Waals surface area (Å²) in [5.41, 5.74) is 0. The number of aromatic nitrogens is 3. The van der Waals surface area contributed by atoms with Crippen molar-refractivity contribution in [3.63, 3.8) is 0 Å². The molecule has 0 aliphatic rings. The standard InChI is InChI=1S/C8H3F4N3OS/c1-2-14-15-8(16-2)17-5-3(9)6(11)13-7(12)4(5)10/h1H3. The minimum Gasteiger partial charge on any atom is -0.416 e. The molecule has 0 amide bonds. The number of pyridine rings is 1. The Labute approximate surface area is 96.1 Å². The van der Waals surface area contributed by atoms with Crippen molar-refractivity contribution in [3.05, 3.63) is 29.4 Å². The zero-order valence-electron chi connectivity index (χ0n) is 8.17. The second-order valence-electron chi connectivity index (χ2n) is 2.84. The van der Waals surface area contributed by atoms with Gasteiger partial charge in [0, 0.05) is 6.92 Å². The number of rotatable bonds is 2. The van der Waals surface area contributed by atoms with Crippen molar-refractivity contribution < 1.29 is 22.0 Å². The lowest BCUT2D eigenvalue weighted by Gasteiger charge is -2.02. The molecule has 0 spiro atoms. The first-order valence-electron chi connectivity index (χ1n) is 4.17. The lowest BCUT2D eigenvalue weighted by molar-refractivity contribution is 0.381. The average Bonchev–Trinajstić information content (AvgIpc) is 2.68. The molecule has 0 aromatic carbocycles. The molecule has 0 N–H and O–H groups in total. The summed E-state index contributed by atoms with van der Waals surface area (Å²) < 4.78 is 56.7. The highest BCUT2D eigenvalue weighted by atomic mass is 32.2. The Morgan fingerprint density at radius 2 is 1.59 bits per heavy atom. The monoisotopic (exact) mass is 265 g/mol. The normalized spacial score (nSPS) is 10.9. The maximum Gasteiger partial charge on any atom is 0.281 e. The molecule has 0 saturated carbocycles. The fourth-order valence-electron chi connectivity index (χ4n) is 0.965. The van der Waals surface area contributed by atoms with Crippen LogP contribution < -0.4 is 0 Å². The third-order valence-corrected chi connectivity index (χ3v) is 2.56.